The minimum Gasteiger partial charge on any atom is -0.508 e. The highest BCUT2D eigenvalue weighted by Gasteiger charge is 2.00. The molecule has 1 nitrogen and oxygen atoms in total. The molecule has 2 aromatic rings. The molecule has 2 heteroatoms. The van der Waals surface area contributed by atoms with Crippen molar-refractivity contribution in [1.82, 2.24) is 0 Å². The molecule has 0 aromatic heterocycles. The topological polar surface area (TPSA) is 20.2 Å². The van der Waals surface area contributed by atoms with Crippen molar-refractivity contribution >= 4 is 15.9 Å². The van der Waals surface area contributed by atoms with E-state index >= 15 is 0 Å². The fourth-order valence-electron chi connectivity index (χ4n) is 1.60. The van der Waals surface area contributed by atoms with Crippen LogP contribution in [0.1, 0.15) is 5.56 Å². The zero-order valence-electron chi connectivity index (χ0n) is 8.37. The van der Waals surface area contributed by atoms with E-state index in [0.717, 1.165) is 21.2 Å². The minimum absolute atomic E-state index is 0.310. The molecule has 15 heavy (non-hydrogen) atoms. The molecule has 2 aromatic carbocycles. The van der Waals surface area contributed by atoms with Gasteiger partial charge in [0.1, 0.15) is 5.75 Å². The van der Waals surface area contributed by atoms with E-state index in [-0.39, 0.29) is 0 Å². The number of halogens is 1. The Labute approximate surface area is 97.5 Å². The largest absolute Gasteiger partial charge is 0.508 e. The summed E-state index contributed by atoms with van der Waals surface area (Å²) in [5, 5.41) is 9.51. The molecular weight excluding hydrogens is 252 g/mol. The van der Waals surface area contributed by atoms with Crippen LogP contribution in [0, 0.1) is 6.92 Å². The van der Waals surface area contributed by atoms with Crippen molar-refractivity contribution in [2.24, 2.45) is 0 Å². The molecular formula is C13H11BrO. The average Bonchev–Trinajstić information content (AvgIpc) is 2.16. The van der Waals surface area contributed by atoms with Crippen LogP contribution in [0.2, 0.25) is 0 Å². The van der Waals surface area contributed by atoms with Crippen molar-refractivity contribution in [3.05, 3.63) is 52.5 Å². The Bertz CT molecular complexity index is 471. The normalized spacial score (nSPS) is 10.3. The van der Waals surface area contributed by atoms with Crippen LogP contribution in [0.3, 0.4) is 0 Å². The van der Waals surface area contributed by atoms with Crippen molar-refractivity contribution in [2.75, 3.05) is 0 Å². The summed E-state index contributed by atoms with van der Waals surface area (Å²) in [6.45, 7) is 1.97. The smallest absolute Gasteiger partial charge is 0.116 e. The van der Waals surface area contributed by atoms with Crippen molar-refractivity contribution in [3.8, 4) is 16.9 Å². The molecule has 0 saturated heterocycles. The summed E-state index contributed by atoms with van der Waals surface area (Å²) in [7, 11) is 0. The van der Waals surface area contributed by atoms with Gasteiger partial charge in [0.15, 0.2) is 0 Å². The summed E-state index contributed by atoms with van der Waals surface area (Å²) in [6.07, 6.45) is 0. The van der Waals surface area contributed by atoms with Gasteiger partial charge in [-0.1, -0.05) is 34.1 Å². The molecule has 0 spiro atoms. The van der Waals surface area contributed by atoms with E-state index in [4.69, 9.17) is 0 Å². The van der Waals surface area contributed by atoms with Gasteiger partial charge in [0.05, 0.1) is 0 Å². The zero-order chi connectivity index (χ0) is 10.8. The Morgan fingerprint density at radius 3 is 2.47 bits per heavy atom. The molecule has 0 bridgehead atoms. The number of aryl methyl sites for hydroxylation is 1. The number of hydrogen-bond acceptors (Lipinski definition) is 1. The summed E-state index contributed by atoms with van der Waals surface area (Å²) < 4.78 is 1.04. The molecule has 0 aliphatic carbocycles. The first-order valence-electron chi connectivity index (χ1n) is 4.72. The van der Waals surface area contributed by atoms with Gasteiger partial charge in [0.25, 0.3) is 0 Å². The summed E-state index contributed by atoms with van der Waals surface area (Å²) in [5.74, 6) is 0.310. The van der Waals surface area contributed by atoms with Gasteiger partial charge < -0.3 is 5.11 Å². The van der Waals surface area contributed by atoms with Crippen LogP contribution in [0.5, 0.6) is 5.75 Å². The SMILES string of the molecule is Cc1cc(O)cc(-c2cccc(Br)c2)c1. The first-order chi connectivity index (χ1) is 7.15. The van der Waals surface area contributed by atoms with E-state index in [9.17, 15) is 5.11 Å². The van der Waals surface area contributed by atoms with Crippen molar-refractivity contribution in [1.29, 1.82) is 0 Å². The quantitative estimate of drug-likeness (QED) is 0.820. The van der Waals surface area contributed by atoms with Crippen LogP contribution in [-0.4, -0.2) is 5.11 Å². The van der Waals surface area contributed by atoms with Crippen LogP contribution >= 0.6 is 15.9 Å². The summed E-state index contributed by atoms with van der Waals surface area (Å²) in [6, 6.07) is 13.6. The lowest BCUT2D eigenvalue weighted by Crippen LogP contribution is -1.80. The molecule has 0 aliphatic heterocycles. The highest BCUT2D eigenvalue weighted by Crippen LogP contribution is 2.27. The van der Waals surface area contributed by atoms with Crippen molar-refractivity contribution in [2.45, 2.75) is 6.92 Å². The van der Waals surface area contributed by atoms with E-state index in [1.54, 1.807) is 12.1 Å². The second-order valence-electron chi connectivity index (χ2n) is 3.57. The monoisotopic (exact) mass is 262 g/mol. The Balaban J connectivity index is 2.54. The third-order valence-electron chi connectivity index (χ3n) is 2.22. The summed E-state index contributed by atoms with van der Waals surface area (Å²) in [4.78, 5) is 0. The van der Waals surface area contributed by atoms with Crippen LogP contribution in [-0.2, 0) is 0 Å². The molecule has 0 fully saturated rings. The van der Waals surface area contributed by atoms with E-state index in [1.807, 2.05) is 31.2 Å². The number of phenolic OH excluding ortho intramolecular Hbond substituents is 1. The van der Waals surface area contributed by atoms with E-state index in [0.29, 0.717) is 5.75 Å². The maximum Gasteiger partial charge on any atom is 0.116 e. The van der Waals surface area contributed by atoms with Crippen LogP contribution in [0.4, 0.5) is 0 Å². The molecule has 0 saturated carbocycles. The van der Waals surface area contributed by atoms with Crippen molar-refractivity contribution in [3.63, 3.8) is 0 Å². The number of phenols is 1. The molecule has 0 atom stereocenters. The van der Waals surface area contributed by atoms with E-state index in [2.05, 4.69) is 22.0 Å². The molecule has 76 valence electrons. The fraction of sp³-hybridized carbons (Fsp3) is 0.0769. The van der Waals surface area contributed by atoms with Gasteiger partial charge in [0, 0.05) is 4.47 Å². The maximum atomic E-state index is 9.51. The molecule has 0 aliphatic rings. The van der Waals surface area contributed by atoms with E-state index < -0.39 is 0 Å². The number of rotatable bonds is 1. The Hall–Kier alpha value is -1.28. The van der Waals surface area contributed by atoms with Crippen molar-refractivity contribution < 1.29 is 5.11 Å². The standard InChI is InChI=1S/C13H11BrO/c1-9-5-11(8-13(15)6-9)10-3-2-4-12(14)7-10/h2-8,15H,1H3. The predicted molar refractivity (Wildman–Crippen MR) is 66.0 cm³/mol. The van der Waals surface area contributed by atoms with Crippen LogP contribution in [0.15, 0.2) is 46.9 Å². The van der Waals surface area contributed by atoms with Gasteiger partial charge in [-0.15, -0.1) is 0 Å². The number of benzene rings is 2. The third-order valence-corrected chi connectivity index (χ3v) is 2.71. The second kappa shape index (κ2) is 4.07. The Morgan fingerprint density at radius 2 is 1.80 bits per heavy atom. The highest BCUT2D eigenvalue weighted by atomic mass is 79.9. The van der Waals surface area contributed by atoms with Crippen LogP contribution in [0.25, 0.3) is 11.1 Å². The molecule has 2 rings (SSSR count). The first kappa shape index (κ1) is 10.2. The highest BCUT2D eigenvalue weighted by molar-refractivity contribution is 9.10. The minimum atomic E-state index is 0.310. The lowest BCUT2D eigenvalue weighted by atomic mass is 10.0. The zero-order valence-corrected chi connectivity index (χ0v) is 9.95. The maximum absolute atomic E-state index is 9.51. The second-order valence-corrected chi connectivity index (χ2v) is 4.48. The predicted octanol–water partition coefficient (Wildman–Crippen LogP) is 4.13. The Kier molecular flexibility index (Phi) is 2.78. The van der Waals surface area contributed by atoms with Gasteiger partial charge in [-0.2, -0.15) is 0 Å². The number of hydrogen-bond donors (Lipinski definition) is 1. The lowest BCUT2D eigenvalue weighted by molar-refractivity contribution is 0.475. The molecule has 1 N–H and O–H groups in total. The average molecular weight is 263 g/mol. The summed E-state index contributed by atoms with van der Waals surface area (Å²) >= 11 is 3.43. The summed E-state index contributed by atoms with van der Waals surface area (Å²) in [5.41, 5.74) is 3.20. The Morgan fingerprint density at radius 1 is 1.00 bits per heavy atom. The van der Waals surface area contributed by atoms with Gasteiger partial charge in [-0.25, -0.2) is 0 Å². The van der Waals surface area contributed by atoms with Gasteiger partial charge in [0.2, 0.25) is 0 Å². The van der Waals surface area contributed by atoms with E-state index in [1.165, 1.54) is 0 Å². The molecule has 0 amide bonds. The van der Waals surface area contributed by atoms with Gasteiger partial charge in [-0.05, 0) is 47.9 Å². The number of aromatic hydroxyl groups is 1. The van der Waals surface area contributed by atoms with Crippen LogP contribution < -0.4 is 0 Å². The molecule has 0 unspecified atom stereocenters. The lowest BCUT2D eigenvalue weighted by Gasteiger charge is -2.04. The van der Waals surface area contributed by atoms with Gasteiger partial charge in [-0.3, -0.25) is 0 Å². The first-order valence-corrected chi connectivity index (χ1v) is 5.51. The fourth-order valence-corrected chi connectivity index (χ4v) is 2.00. The molecule has 0 radical (unpaired) electrons. The molecule has 0 heterocycles. The third kappa shape index (κ3) is 2.39. The van der Waals surface area contributed by atoms with Gasteiger partial charge >= 0.3 is 0 Å².